The number of hydrogen-bond acceptors (Lipinski definition) is 3. The Morgan fingerprint density at radius 3 is 2.33 bits per heavy atom. The number of benzene rings is 2. The van der Waals surface area contributed by atoms with Gasteiger partial charge in [-0.3, -0.25) is 4.79 Å². The first-order valence-corrected chi connectivity index (χ1v) is 7.01. The van der Waals surface area contributed by atoms with E-state index < -0.39 is 12.0 Å². The van der Waals surface area contributed by atoms with Crippen LogP contribution in [0.2, 0.25) is 0 Å². The maximum atomic E-state index is 10.9. The number of carbonyl (C=O) groups is 1. The Labute approximate surface area is 123 Å². The van der Waals surface area contributed by atoms with E-state index in [1.165, 1.54) is 0 Å². The van der Waals surface area contributed by atoms with Gasteiger partial charge in [0, 0.05) is 13.0 Å². The summed E-state index contributed by atoms with van der Waals surface area (Å²) in [6.45, 7) is 0.567. The quantitative estimate of drug-likeness (QED) is 0.905. The lowest BCUT2D eigenvalue weighted by Gasteiger charge is -2.13. The van der Waals surface area contributed by atoms with Gasteiger partial charge in [-0.15, -0.1) is 0 Å². The van der Waals surface area contributed by atoms with Crippen LogP contribution in [0.4, 0.5) is 0 Å². The molecule has 0 amide bonds. The molecule has 2 atom stereocenters. The van der Waals surface area contributed by atoms with Gasteiger partial charge in [0.2, 0.25) is 0 Å². The first-order chi connectivity index (χ1) is 10.2. The zero-order chi connectivity index (χ0) is 14.7. The van der Waals surface area contributed by atoms with Crippen molar-refractivity contribution in [2.75, 3.05) is 6.54 Å². The van der Waals surface area contributed by atoms with E-state index in [9.17, 15) is 4.79 Å². The third kappa shape index (κ3) is 3.23. The van der Waals surface area contributed by atoms with Gasteiger partial charge in [0.25, 0.3) is 0 Å². The number of carboxylic acids is 1. The van der Waals surface area contributed by atoms with Crippen LogP contribution in [0, 0.1) is 0 Å². The number of ether oxygens (including phenoxy) is 1. The molecular formula is C17H17NO3. The highest BCUT2D eigenvalue weighted by molar-refractivity contribution is 5.74. The third-order valence-electron chi connectivity index (χ3n) is 3.65. The molecule has 2 aromatic carbocycles. The summed E-state index contributed by atoms with van der Waals surface area (Å²) in [4.78, 5) is 10.9. The lowest BCUT2D eigenvalue weighted by molar-refractivity contribution is -0.139. The molecule has 108 valence electrons. The van der Waals surface area contributed by atoms with Gasteiger partial charge in [0.05, 0.1) is 0 Å². The highest BCUT2D eigenvalue weighted by Gasteiger charge is 2.30. The number of nitrogens with one attached hydrogen (secondary N) is 1. The van der Waals surface area contributed by atoms with E-state index in [1.54, 1.807) is 0 Å². The van der Waals surface area contributed by atoms with E-state index >= 15 is 0 Å². The van der Waals surface area contributed by atoms with Crippen molar-refractivity contribution in [3.8, 4) is 16.9 Å². The minimum atomic E-state index is -0.819. The average Bonchev–Trinajstić information content (AvgIpc) is 2.98. The molecular weight excluding hydrogens is 266 g/mol. The van der Waals surface area contributed by atoms with Gasteiger partial charge in [0.15, 0.2) is 0 Å². The van der Waals surface area contributed by atoms with E-state index in [2.05, 4.69) is 17.4 Å². The van der Waals surface area contributed by atoms with E-state index in [-0.39, 0.29) is 6.10 Å². The summed E-state index contributed by atoms with van der Waals surface area (Å²) in [6.07, 6.45) is 0.407. The van der Waals surface area contributed by atoms with E-state index in [0.29, 0.717) is 13.0 Å². The molecule has 0 aliphatic carbocycles. The van der Waals surface area contributed by atoms with Gasteiger partial charge in [-0.05, 0) is 23.3 Å². The number of hydrogen-bond donors (Lipinski definition) is 2. The predicted molar refractivity (Wildman–Crippen MR) is 80.3 cm³/mol. The zero-order valence-electron chi connectivity index (χ0n) is 11.5. The zero-order valence-corrected chi connectivity index (χ0v) is 11.5. The molecule has 0 radical (unpaired) electrons. The molecule has 1 heterocycles. The van der Waals surface area contributed by atoms with Crippen LogP contribution in [0.1, 0.15) is 6.42 Å². The fourth-order valence-electron chi connectivity index (χ4n) is 2.53. The van der Waals surface area contributed by atoms with E-state index in [4.69, 9.17) is 9.84 Å². The molecule has 2 aromatic rings. The number of carboxylic acid groups (broad SMARTS) is 1. The van der Waals surface area contributed by atoms with Gasteiger partial charge in [0.1, 0.15) is 17.9 Å². The summed E-state index contributed by atoms with van der Waals surface area (Å²) in [7, 11) is 0. The van der Waals surface area contributed by atoms with E-state index in [0.717, 1.165) is 16.9 Å². The monoisotopic (exact) mass is 283 g/mol. The Hall–Kier alpha value is -2.33. The van der Waals surface area contributed by atoms with Crippen molar-refractivity contribution in [3.05, 3.63) is 54.6 Å². The first kappa shape index (κ1) is 13.6. The van der Waals surface area contributed by atoms with Crippen LogP contribution in [0.15, 0.2) is 54.6 Å². The first-order valence-electron chi connectivity index (χ1n) is 7.01. The largest absolute Gasteiger partial charge is 0.489 e. The second-order valence-corrected chi connectivity index (χ2v) is 5.17. The van der Waals surface area contributed by atoms with Crippen LogP contribution in [0.25, 0.3) is 11.1 Å². The van der Waals surface area contributed by atoms with Crippen LogP contribution in [0.5, 0.6) is 5.75 Å². The Balaban J connectivity index is 1.64. The van der Waals surface area contributed by atoms with Gasteiger partial charge in [-0.2, -0.15) is 0 Å². The van der Waals surface area contributed by atoms with Crippen molar-refractivity contribution in [1.82, 2.24) is 5.32 Å². The van der Waals surface area contributed by atoms with Crippen LogP contribution in [0.3, 0.4) is 0 Å². The molecule has 2 unspecified atom stereocenters. The topological polar surface area (TPSA) is 58.6 Å². The standard InChI is InChI=1S/C17H17NO3/c19-17(20)16-10-15(11-18-16)21-14-8-6-13(7-9-14)12-4-2-1-3-5-12/h1-9,15-16,18H,10-11H2,(H,19,20). The lowest BCUT2D eigenvalue weighted by Crippen LogP contribution is -2.30. The minimum Gasteiger partial charge on any atom is -0.489 e. The lowest BCUT2D eigenvalue weighted by atomic mass is 10.1. The summed E-state index contributed by atoms with van der Waals surface area (Å²) >= 11 is 0. The molecule has 1 aliphatic rings. The fourth-order valence-corrected chi connectivity index (χ4v) is 2.53. The average molecular weight is 283 g/mol. The van der Waals surface area contributed by atoms with Crippen molar-refractivity contribution in [3.63, 3.8) is 0 Å². The van der Waals surface area contributed by atoms with Crippen molar-refractivity contribution in [1.29, 1.82) is 0 Å². The molecule has 4 nitrogen and oxygen atoms in total. The highest BCUT2D eigenvalue weighted by atomic mass is 16.5. The normalized spacial score (nSPS) is 21.1. The number of aliphatic carboxylic acids is 1. The second kappa shape index (κ2) is 5.97. The molecule has 0 saturated carbocycles. The minimum absolute atomic E-state index is 0.0892. The van der Waals surface area contributed by atoms with Gasteiger partial charge >= 0.3 is 5.97 Å². The number of rotatable bonds is 4. The second-order valence-electron chi connectivity index (χ2n) is 5.17. The summed E-state index contributed by atoms with van der Waals surface area (Å²) in [5.74, 6) is -0.0481. The van der Waals surface area contributed by atoms with Gasteiger partial charge in [-0.1, -0.05) is 42.5 Å². The predicted octanol–water partition coefficient (Wildman–Crippen LogP) is 2.55. The van der Waals surface area contributed by atoms with Crippen LogP contribution >= 0.6 is 0 Å². The molecule has 0 bridgehead atoms. The smallest absolute Gasteiger partial charge is 0.320 e. The maximum Gasteiger partial charge on any atom is 0.320 e. The molecule has 4 heteroatoms. The molecule has 0 spiro atoms. The van der Waals surface area contributed by atoms with Crippen LogP contribution < -0.4 is 10.1 Å². The maximum absolute atomic E-state index is 10.9. The molecule has 0 aromatic heterocycles. The SMILES string of the molecule is O=C(O)C1CC(Oc2ccc(-c3ccccc3)cc2)CN1. The molecule has 2 N–H and O–H groups in total. The highest BCUT2D eigenvalue weighted by Crippen LogP contribution is 2.23. The van der Waals surface area contributed by atoms with Crippen LogP contribution in [-0.2, 0) is 4.79 Å². The summed E-state index contributed by atoms with van der Waals surface area (Å²) in [6, 6.07) is 17.5. The van der Waals surface area contributed by atoms with Gasteiger partial charge in [-0.25, -0.2) is 0 Å². The fraction of sp³-hybridized carbons (Fsp3) is 0.235. The van der Waals surface area contributed by atoms with E-state index in [1.807, 2.05) is 42.5 Å². The molecule has 1 aliphatic heterocycles. The van der Waals surface area contributed by atoms with Crippen molar-refractivity contribution >= 4 is 5.97 Å². The Morgan fingerprint density at radius 1 is 1.05 bits per heavy atom. The molecule has 1 saturated heterocycles. The Bertz CT molecular complexity index is 610. The van der Waals surface area contributed by atoms with Crippen molar-refractivity contribution in [2.24, 2.45) is 0 Å². The van der Waals surface area contributed by atoms with Crippen LogP contribution in [-0.4, -0.2) is 29.8 Å². The van der Waals surface area contributed by atoms with Gasteiger partial charge < -0.3 is 15.2 Å². The summed E-state index contributed by atoms with van der Waals surface area (Å²) < 4.78 is 5.82. The summed E-state index contributed by atoms with van der Waals surface area (Å²) in [5.41, 5.74) is 2.30. The third-order valence-corrected chi connectivity index (χ3v) is 3.65. The van der Waals surface area contributed by atoms with Crippen molar-refractivity contribution in [2.45, 2.75) is 18.6 Å². The molecule has 3 rings (SSSR count). The van der Waals surface area contributed by atoms with Crippen molar-refractivity contribution < 1.29 is 14.6 Å². The molecule has 21 heavy (non-hydrogen) atoms. The summed E-state index contributed by atoms with van der Waals surface area (Å²) in [5, 5.41) is 11.9. The Kier molecular flexibility index (Phi) is 3.88. The Morgan fingerprint density at radius 2 is 1.71 bits per heavy atom. The molecule has 1 fully saturated rings.